The molecule has 0 aliphatic carbocycles. The Kier molecular flexibility index (Phi) is 4.44. The van der Waals surface area contributed by atoms with E-state index in [9.17, 15) is 4.39 Å². The second-order valence-electron chi connectivity index (χ2n) is 4.00. The fraction of sp³-hybridized carbons (Fsp3) is 0.133. The fourth-order valence-corrected chi connectivity index (χ4v) is 1.85. The third-order valence-electron chi connectivity index (χ3n) is 2.70. The van der Waals surface area contributed by atoms with Gasteiger partial charge in [0.1, 0.15) is 23.9 Å². The van der Waals surface area contributed by atoms with E-state index >= 15 is 0 Å². The molecule has 2 aromatic carbocycles. The van der Waals surface area contributed by atoms with E-state index in [1.165, 1.54) is 19.2 Å². The Bertz CT molecular complexity index is 667. The molecule has 0 N–H and O–H groups in total. The maximum atomic E-state index is 13.7. The van der Waals surface area contributed by atoms with E-state index in [1.54, 1.807) is 24.3 Å². The van der Waals surface area contributed by atoms with Gasteiger partial charge in [-0.3, -0.25) is 0 Å². The second-order valence-corrected chi connectivity index (χ2v) is 4.41. The summed E-state index contributed by atoms with van der Waals surface area (Å²) in [5.74, 6) is 0.442. The lowest BCUT2D eigenvalue weighted by atomic mass is 10.2. The van der Waals surface area contributed by atoms with E-state index < -0.39 is 5.82 Å². The molecule has 0 aromatic heterocycles. The Morgan fingerprint density at radius 3 is 2.65 bits per heavy atom. The zero-order valence-electron chi connectivity index (χ0n) is 10.7. The Morgan fingerprint density at radius 2 is 2.05 bits per heavy atom. The molecule has 0 saturated carbocycles. The first kappa shape index (κ1) is 14.2. The first-order valence-electron chi connectivity index (χ1n) is 5.79. The van der Waals surface area contributed by atoms with Gasteiger partial charge in [-0.2, -0.15) is 5.26 Å². The van der Waals surface area contributed by atoms with Gasteiger partial charge in [0.15, 0.2) is 0 Å². The highest BCUT2D eigenvalue weighted by Gasteiger charge is 2.07. The van der Waals surface area contributed by atoms with Crippen molar-refractivity contribution in [3.05, 3.63) is 58.4 Å². The van der Waals surface area contributed by atoms with Gasteiger partial charge in [0.2, 0.25) is 0 Å². The van der Waals surface area contributed by atoms with Crippen molar-refractivity contribution in [2.24, 2.45) is 0 Å². The Labute approximate surface area is 121 Å². The summed E-state index contributed by atoms with van der Waals surface area (Å²) in [6.07, 6.45) is 0. The van der Waals surface area contributed by atoms with E-state index in [4.69, 9.17) is 26.3 Å². The highest BCUT2D eigenvalue weighted by Crippen LogP contribution is 2.26. The van der Waals surface area contributed by atoms with Gasteiger partial charge < -0.3 is 9.47 Å². The number of nitriles is 1. The average Bonchev–Trinajstić information content (AvgIpc) is 2.46. The lowest BCUT2D eigenvalue weighted by Crippen LogP contribution is -1.99. The van der Waals surface area contributed by atoms with Gasteiger partial charge >= 0.3 is 0 Å². The Hall–Kier alpha value is -2.25. The molecule has 20 heavy (non-hydrogen) atoms. The van der Waals surface area contributed by atoms with Crippen LogP contribution in [0.25, 0.3) is 0 Å². The van der Waals surface area contributed by atoms with Gasteiger partial charge in [0.05, 0.1) is 23.8 Å². The molecule has 0 aliphatic heterocycles. The van der Waals surface area contributed by atoms with Crippen molar-refractivity contribution in [2.45, 2.75) is 6.61 Å². The number of hydrogen-bond acceptors (Lipinski definition) is 3. The Balaban J connectivity index is 2.11. The molecule has 0 saturated heterocycles. The molecule has 2 rings (SSSR count). The van der Waals surface area contributed by atoms with Crippen LogP contribution in [0.15, 0.2) is 36.4 Å². The highest BCUT2D eigenvalue weighted by molar-refractivity contribution is 6.32. The third-order valence-corrected chi connectivity index (χ3v) is 3.00. The van der Waals surface area contributed by atoms with Crippen LogP contribution in [0.4, 0.5) is 4.39 Å². The van der Waals surface area contributed by atoms with E-state index in [0.717, 1.165) is 0 Å². The molecule has 0 atom stereocenters. The average molecular weight is 292 g/mol. The highest BCUT2D eigenvalue weighted by atomic mass is 35.5. The second kappa shape index (κ2) is 6.27. The summed E-state index contributed by atoms with van der Waals surface area (Å²) in [5.41, 5.74) is 0.837. The molecular formula is C15H11ClFNO2. The van der Waals surface area contributed by atoms with Crippen LogP contribution in [0, 0.1) is 17.1 Å². The summed E-state index contributed by atoms with van der Waals surface area (Å²) in [6.45, 7) is 0.0431. The van der Waals surface area contributed by atoms with Crippen LogP contribution >= 0.6 is 11.6 Å². The topological polar surface area (TPSA) is 42.2 Å². The smallest absolute Gasteiger partial charge is 0.138 e. The predicted octanol–water partition coefficient (Wildman–Crippen LogP) is 3.94. The Morgan fingerprint density at radius 1 is 1.25 bits per heavy atom. The van der Waals surface area contributed by atoms with Gasteiger partial charge in [-0.25, -0.2) is 4.39 Å². The van der Waals surface area contributed by atoms with Crippen LogP contribution in [-0.2, 0) is 6.61 Å². The largest absolute Gasteiger partial charge is 0.497 e. The minimum Gasteiger partial charge on any atom is -0.497 e. The van der Waals surface area contributed by atoms with E-state index in [-0.39, 0.29) is 6.61 Å². The van der Waals surface area contributed by atoms with Gasteiger partial charge in [0, 0.05) is 11.6 Å². The molecule has 5 heteroatoms. The number of halogens is 2. The molecule has 0 fully saturated rings. The van der Waals surface area contributed by atoms with Crippen molar-refractivity contribution in [3.63, 3.8) is 0 Å². The van der Waals surface area contributed by atoms with Crippen molar-refractivity contribution in [2.75, 3.05) is 7.11 Å². The molecular weight excluding hydrogens is 281 g/mol. The lowest BCUT2D eigenvalue weighted by Gasteiger charge is -2.09. The number of rotatable bonds is 4. The van der Waals surface area contributed by atoms with Crippen LogP contribution in [0.5, 0.6) is 11.5 Å². The number of nitrogens with zero attached hydrogens (tertiary/aromatic N) is 1. The quantitative estimate of drug-likeness (QED) is 0.857. The molecule has 0 heterocycles. The third kappa shape index (κ3) is 3.19. The van der Waals surface area contributed by atoms with E-state index in [0.29, 0.717) is 27.6 Å². The van der Waals surface area contributed by atoms with Gasteiger partial charge in [0.25, 0.3) is 0 Å². The molecule has 2 aromatic rings. The van der Waals surface area contributed by atoms with Crippen molar-refractivity contribution in [3.8, 4) is 17.6 Å². The van der Waals surface area contributed by atoms with Crippen LogP contribution in [0.3, 0.4) is 0 Å². The zero-order chi connectivity index (χ0) is 14.5. The summed E-state index contributed by atoms with van der Waals surface area (Å²) in [5, 5.41) is 9.05. The monoisotopic (exact) mass is 291 g/mol. The summed E-state index contributed by atoms with van der Waals surface area (Å²) < 4.78 is 24.1. The molecule has 0 radical (unpaired) electrons. The first-order valence-corrected chi connectivity index (χ1v) is 6.16. The molecule has 0 unspecified atom stereocenters. The molecule has 0 bridgehead atoms. The summed E-state index contributed by atoms with van der Waals surface area (Å²) >= 11 is 5.97. The van der Waals surface area contributed by atoms with Crippen molar-refractivity contribution in [1.82, 2.24) is 0 Å². The minimum absolute atomic E-state index is 0.0431. The fourth-order valence-electron chi connectivity index (χ4n) is 1.62. The van der Waals surface area contributed by atoms with Gasteiger partial charge in [-0.1, -0.05) is 11.6 Å². The summed E-state index contributed by atoms with van der Waals surface area (Å²) in [7, 11) is 1.47. The van der Waals surface area contributed by atoms with Crippen LogP contribution < -0.4 is 9.47 Å². The molecule has 102 valence electrons. The van der Waals surface area contributed by atoms with Gasteiger partial charge in [-0.15, -0.1) is 0 Å². The number of benzene rings is 2. The number of methoxy groups -OCH3 is 1. The predicted molar refractivity (Wildman–Crippen MR) is 73.5 cm³/mol. The van der Waals surface area contributed by atoms with Crippen molar-refractivity contribution >= 4 is 11.6 Å². The first-order chi connectivity index (χ1) is 9.63. The summed E-state index contributed by atoms with van der Waals surface area (Å²) in [4.78, 5) is 0. The maximum absolute atomic E-state index is 13.7. The molecule has 0 amide bonds. The minimum atomic E-state index is -0.408. The van der Waals surface area contributed by atoms with Crippen LogP contribution in [-0.4, -0.2) is 7.11 Å². The lowest BCUT2D eigenvalue weighted by molar-refractivity contribution is 0.299. The normalized spacial score (nSPS) is 9.90. The SMILES string of the molecule is COc1ccc(COc2ccc(C#N)cc2Cl)c(F)c1. The van der Waals surface area contributed by atoms with E-state index in [1.807, 2.05) is 6.07 Å². The number of hydrogen-bond donors (Lipinski definition) is 0. The molecule has 0 spiro atoms. The standard InChI is InChI=1S/C15H11ClFNO2/c1-19-12-4-3-11(14(17)7-12)9-20-15-5-2-10(8-18)6-13(15)16/h2-7H,9H2,1H3. The molecule has 0 aliphatic rings. The maximum Gasteiger partial charge on any atom is 0.138 e. The van der Waals surface area contributed by atoms with Crippen molar-refractivity contribution in [1.29, 1.82) is 5.26 Å². The van der Waals surface area contributed by atoms with Crippen LogP contribution in [0.1, 0.15) is 11.1 Å². The zero-order valence-corrected chi connectivity index (χ0v) is 11.4. The van der Waals surface area contributed by atoms with Gasteiger partial charge in [-0.05, 0) is 30.3 Å². The van der Waals surface area contributed by atoms with Crippen LogP contribution in [0.2, 0.25) is 5.02 Å². The number of ether oxygens (including phenoxy) is 2. The molecule has 3 nitrogen and oxygen atoms in total. The summed E-state index contributed by atoms with van der Waals surface area (Å²) in [6, 6.07) is 11.2. The van der Waals surface area contributed by atoms with E-state index in [2.05, 4.69) is 0 Å². The van der Waals surface area contributed by atoms with Crippen molar-refractivity contribution < 1.29 is 13.9 Å².